The average Bonchev–Trinajstić information content (AvgIpc) is 2.64. The molecule has 1 fully saturated rings. The number of benzene rings is 2. The van der Waals surface area contributed by atoms with Crippen molar-refractivity contribution in [3.05, 3.63) is 59.4 Å². The minimum Gasteiger partial charge on any atom is -0.322 e. The molecule has 8 heteroatoms. The predicted octanol–water partition coefficient (Wildman–Crippen LogP) is 3.66. The van der Waals surface area contributed by atoms with Crippen molar-refractivity contribution in [2.24, 2.45) is 0 Å². The molecule has 138 valence electrons. The molecule has 1 atom stereocenters. The molecule has 26 heavy (non-hydrogen) atoms. The molecule has 0 unspecified atom stereocenters. The summed E-state index contributed by atoms with van der Waals surface area (Å²) in [4.78, 5) is 12.8. The highest BCUT2D eigenvalue weighted by atomic mass is 35.5. The third kappa shape index (κ3) is 3.90. The highest BCUT2D eigenvalue weighted by molar-refractivity contribution is 7.89. The van der Waals surface area contributed by atoms with E-state index in [2.05, 4.69) is 5.32 Å². The maximum Gasteiger partial charge on any atom is 0.243 e. The van der Waals surface area contributed by atoms with E-state index in [0.717, 1.165) is 12.5 Å². The molecule has 0 bridgehead atoms. The van der Waals surface area contributed by atoms with Crippen LogP contribution in [0.25, 0.3) is 0 Å². The minimum atomic E-state index is -3.81. The first kappa shape index (κ1) is 18.8. The highest BCUT2D eigenvalue weighted by Crippen LogP contribution is 2.27. The summed E-state index contributed by atoms with van der Waals surface area (Å²) in [6.45, 7) is 0.248. The van der Waals surface area contributed by atoms with Crippen LogP contribution in [0.4, 0.5) is 10.1 Å². The molecule has 1 N–H and O–H groups in total. The fraction of sp³-hybridized carbons (Fsp3) is 0.278. The Morgan fingerprint density at radius 1 is 1.15 bits per heavy atom. The Balaban J connectivity index is 1.86. The van der Waals surface area contributed by atoms with Crippen LogP contribution in [0.1, 0.15) is 19.3 Å². The van der Waals surface area contributed by atoms with Crippen molar-refractivity contribution in [1.82, 2.24) is 4.31 Å². The molecule has 5 nitrogen and oxygen atoms in total. The standard InChI is InChI=1S/C18H18ClFN2O3S/c19-13-9-10-16(15(20)12-13)21-18(23)17-8-4-5-11-22(17)26(24,25)14-6-2-1-3-7-14/h1-3,6-7,9-10,12,17H,4-5,8,11H2,(H,21,23)/t17-/m0/s1. The summed E-state index contributed by atoms with van der Waals surface area (Å²) in [6, 6.07) is 11.0. The van der Waals surface area contributed by atoms with Gasteiger partial charge in [-0.3, -0.25) is 4.79 Å². The number of nitrogens with one attached hydrogen (secondary N) is 1. The number of sulfonamides is 1. The van der Waals surface area contributed by atoms with Crippen LogP contribution in [0.5, 0.6) is 0 Å². The molecule has 1 aliphatic rings. The Kier molecular flexibility index (Phi) is 5.60. The van der Waals surface area contributed by atoms with Crippen molar-refractivity contribution in [2.45, 2.75) is 30.2 Å². The van der Waals surface area contributed by atoms with Gasteiger partial charge in [-0.25, -0.2) is 12.8 Å². The molecule has 2 aromatic carbocycles. The van der Waals surface area contributed by atoms with E-state index in [1.807, 2.05) is 0 Å². The van der Waals surface area contributed by atoms with Crippen LogP contribution in [-0.2, 0) is 14.8 Å². The number of hydrogen-bond donors (Lipinski definition) is 1. The van der Waals surface area contributed by atoms with E-state index in [0.29, 0.717) is 12.8 Å². The van der Waals surface area contributed by atoms with Crippen LogP contribution >= 0.6 is 11.6 Å². The van der Waals surface area contributed by atoms with Crippen LogP contribution in [0.2, 0.25) is 5.02 Å². The SMILES string of the molecule is O=C(Nc1ccc(Cl)cc1F)[C@@H]1CCCCN1S(=O)(=O)c1ccccc1. The van der Waals surface area contributed by atoms with Crippen molar-refractivity contribution in [1.29, 1.82) is 0 Å². The number of amides is 1. The summed E-state index contributed by atoms with van der Waals surface area (Å²) in [7, 11) is -3.81. The van der Waals surface area contributed by atoms with Gasteiger partial charge in [-0.2, -0.15) is 4.31 Å². The quantitative estimate of drug-likeness (QED) is 0.857. The van der Waals surface area contributed by atoms with Gasteiger partial charge in [0.15, 0.2) is 0 Å². The molecule has 0 saturated carbocycles. The van der Waals surface area contributed by atoms with Gasteiger partial charge in [0.25, 0.3) is 0 Å². The van der Waals surface area contributed by atoms with Crippen molar-refractivity contribution >= 4 is 33.2 Å². The Morgan fingerprint density at radius 2 is 1.88 bits per heavy atom. The number of halogens is 2. The average molecular weight is 397 g/mol. The summed E-state index contributed by atoms with van der Waals surface area (Å²) < 4.78 is 41.0. The zero-order valence-corrected chi connectivity index (χ0v) is 15.4. The summed E-state index contributed by atoms with van der Waals surface area (Å²) in [5.41, 5.74) is -0.0259. The minimum absolute atomic E-state index is 0.0259. The van der Waals surface area contributed by atoms with Gasteiger partial charge in [0.05, 0.1) is 10.6 Å². The lowest BCUT2D eigenvalue weighted by atomic mass is 10.0. The van der Waals surface area contributed by atoms with Crippen molar-refractivity contribution in [3.63, 3.8) is 0 Å². The summed E-state index contributed by atoms with van der Waals surface area (Å²) in [5.74, 6) is -1.22. The Bertz CT molecular complexity index is 906. The molecule has 1 amide bonds. The zero-order valence-electron chi connectivity index (χ0n) is 13.9. The summed E-state index contributed by atoms with van der Waals surface area (Å²) >= 11 is 5.71. The number of nitrogens with zero attached hydrogens (tertiary/aromatic N) is 1. The third-order valence-corrected chi connectivity index (χ3v) is 6.45. The first-order valence-corrected chi connectivity index (χ1v) is 10.0. The van der Waals surface area contributed by atoms with Gasteiger partial charge in [-0.15, -0.1) is 0 Å². The van der Waals surface area contributed by atoms with Crippen molar-refractivity contribution in [3.8, 4) is 0 Å². The molecular formula is C18H18ClFN2O3S. The second kappa shape index (κ2) is 7.73. The van der Waals surface area contributed by atoms with Gasteiger partial charge in [0, 0.05) is 11.6 Å². The number of rotatable bonds is 4. The first-order chi connectivity index (χ1) is 12.4. The summed E-state index contributed by atoms with van der Waals surface area (Å²) in [5, 5.41) is 2.70. The molecule has 0 radical (unpaired) electrons. The van der Waals surface area contributed by atoms with Crippen LogP contribution < -0.4 is 5.32 Å². The van der Waals surface area contributed by atoms with Gasteiger partial charge < -0.3 is 5.32 Å². The molecule has 1 aliphatic heterocycles. The van der Waals surface area contributed by atoms with E-state index >= 15 is 0 Å². The Morgan fingerprint density at radius 3 is 2.58 bits per heavy atom. The largest absolute Gasteiger partial charge is 0.322 e. The third-order valence-electron chi connectivity index (χ3n) is 4.30. The molecular weight excluding hydrogens is 379 g/mol. The fourth-order valence-corrected chi connectivity index (χ4v) is 4.83. The molecule has 0 aliphatic carbocycles. The molecule has 1 saturated heterocycles. The van der Waals surface area contributed by atoms with E-state index in [4.69, 9.17) is 11.6 Å². The van der Waals surface area contributed by atoms with Gasteiger partial charge in [0.2, 0.25) is 15.9 Å². The molecule has 3 rings (SSSR count). The van der Waals surface area contributed by atoms with Crippen LogP contribution in [0.3, 0.4) is 0 Å². The van der Waals surface area contributed by atoms with E-state index in [1.54, 1.807) is 18.2 Å². The zero-order chi connectivity index (χ0) is 18.7. The number of carbonyl (C=O) groups is 1. The number of piperidine rings is 1. The van der Waals surface area contributed by atoms with Crippen molar-refractivity contribution in [2.75, 3.05) is 11.9 Å². The number of hydrogen-bond acceptors (Lipinski definition) is 3. The molecule has 0 aromatic heterocycles. The van der Waals surface area contributed by atoms with Crippen LogP contribution in [0.15, 0.2) is 53.4 Å². The van der Waals surface area contributed by atoms with Crippen LogP contribution in [-0.4, -0.2) is 31.2 Å². The lowest BCUT2D eigenvalue weighted by Crippen LogP contribution is -2.49. The maximum atomic E-state index is 13.9. The normalized spacial score (nSPS) is 18.5. The second-order valence-electron chi connectivity index (χ2n) is 6.05. The first-order valence-electron chi connectivity index (χ1n) is 8.22. The van der Waals surface area contributed by atoms with Crippen LogP contribution in [0, 0.1) is 5.82 Å². The second-order valence-corrected chi connectivity index (χ2v) is 8.38. The lowest BCUT2D eigenvalue weighted by molar-refractivity contribution is -0.120. The van der Waals surface area contributed by atoms with E-state index in [1.165, 1.54) is 28.6 Å². The van der Waals surface area contributed by atoms with Gasteiger partial charge >= 0.3 is 0 Å². The smallest absolute Gasteiger partial charge is 0.243 e. The Hall–Kier alpha value is -1.96. The fourth-order valence-electron chi connectivity index (χ4n) is 2.99. The lowest BCUT2D eigenvalue weighted by Gasteiger charge is -2.33. The molecule has 1 heterocycles. The number of carbonyl (C=O) groups excluding carboxylic acids is 1. The topological polar surface area (TPSA) is 66.5 Å². The molecule has 0 spiro atoms. The number of anilines is 1. The van der Waals surface area contributed by atoms with Gasteiger partial charge in [-0.1, -0.05) is 36.2 Å². The van der Waals surface area contributed by atoms with E-state index in [9.17, 15) is 17.6 Å². The maximum absolute atomic E-state index is 13.9. The highest BCUT2D eigenvalue weighted by Gasteiger charge is 2.37. The van der Waals surface area contributed by atoms with E-state index < -0.39 is 27.8 Å². The van der Waals surface area contributed by atoms with E-state index in [-0.39, 0.29) is 22.2 Å². The molecule has 2 aromatic rings. The Labute approximate surface area is 156 Å². The monoisotopic (exact) mass is 396 g/mol. The van der Waals surface area contributed by atoms with Gasteiger partial charge in [0.1, 0.15) is 11.9 Å². The predicted molar refractivity (Wildman–Crippen MR) is 98.0 cm³/mol. The summed E-state index contributed by atoms with van der Waals surface area (Å²) in [6.07, 6.45) is 1.78. The van der Waals surface area contributed by atoms with Gasteiger partial charge in [-0.05, 0) is 43.2 Å². The van der Waals surface area contributed by atoms with Crippen molar-refractivity contribution < 1.29 is 17.6 Å².